The summed E-state index contributed by atoms with van der Waals surface area (Å²) in [6, 6.07) is 0. The Morgan fingerprint density at radius 1 is 1.67 bits per heavy atom. The fourth-order valence-electron chi connectivity index (χ4n) is 0.785. The van der Waals surface area contributed by atoms with Gasteiger partial charge in [0, 0.05) is 11.8 Å². The number of ether oxygens (including phenoxy) is 1. The summed E-state index contributed by atoms with van der Waals surface area (Å²) < 4.78 is 5.01. The monoisotopic (exact) mass is 190 g/mol. The fraction of sp³-hybridized carbons (Fsp3) is 0.667. The van der Waals surface area contributed by atoms with E-state index in [0.29, 0.717) is 6.42 Å². The fourth-order valence-corrected chi connectivity index (χ4v) is 0.911. The molecule has 12 heavy (non-hydrogen) atoms. The van der Waals surface area contributed by atoms with Gasteiger partial charge in [-0.25, -0.2) is 0 Å². The van der Waals surface area contributed by atoms with E-state index >= 15 is 0 Å². The zero-order valence-electron chi connectivity index (χ0n) is 7.55. The molecule has 0 fully saturated rings. The van der Waals surface area contributed by atoms with E-state index < -0.39 is 0 Å². The van der Waals surface area contributed by atoms with E-state index in [1.165, 1.54) is 0 Å². The summed E-state index contributed by atoms with van der Waals surface area (Å²) in [4.78, 5) is 11.0. The van der Waals surface area contributed by atoms with Crippen molar-refractivity contribution in [1.82, 2.24) is 0 Å². The molecule has 0 aromatic carbocycles. The normalized spacial score (nSPS) is 14.9. The zero-order valence-corrected chi connectivity index (χ0v) is 8.30. The van der Waals surface area contributed by atoms with Gasteiger partial charge in [0.15, 0.2) is 0 Å². The highest BCUT2D eigenvalue weighted by molar-refractivity contribution is 6.21. The average Bonchev–Trinajstić information content (AvgIpc) is 1.84. The molecule has 2 atom stereocenters. The van der Waals surface area contributed by atoms with E-state index in [2.05, 4.69) is 6.58 Å². The molecule has 0 amide bonds. The molecule has 3 heteroatoms. The lowest BCUT2D eigenvalue weighted by molar-refractivity contribution is -0.147. The Hall–Kier alpha value is -0.500. The van der Waals surface area contributed by atoms with Crippen molar-refractivity contribution < 1.29 is 9.53 Å². The van der Waals surface area contributed by atoms with Crippen molar-refractivity contribution in [3.05, 3.63) is 12.7 Å². The van der Waals surface area contributed by atoms with Crippen molar-refractivity contribution in [1.29, 1.82) is 0 Å². The van der Waals surface area contributed by atoms with E-state index in [4.69, 9.17) is 16.3 Å². The minimum Gasteiger partial charge on any atom is -0.462 e. The second-order valence-electron chi connectivity index (χ2n) is 2.81. The highest BCUT2D eigenvalue weighted by Crippen LogP contribution is 2.05. The van der Waals surface area contributed by atoms with Crippen LogP contribution in [0.25, 0.3) is 0 Å². The number of carbonyl (C=O) groups excluding carboxylic acids is 1. The van der Waals surface area contributed by atoms with Crippen LogP contribution in [0.1, 0.15) is 26.7 Å². The van der Waals surface area contributed by atoms with E-state index in [9.17, 15) is 4.79 Å². The summed E-state index contributed by atoms with van der Waals surface area (Å²) in [5, 5.41) is -0.159. The number of hydrogen-bond acceptors (Lipinski definition) is 2. The van der Waals surface area contributed by atoms with Crippen LogP contribution >= 0.6 is 11.6 Å². The number of halogens is 1. The first-order valence-corrected chi connectivity index (χ1v) is 4.44. The van der Waals surface area contributed by atoms with E-state index in [1.807, 2.05) is 6.92 Å². The van der Waals surface area contributed by atoms with Gasteiger partial charge in [-0.2, -0.15) is 0 Å². The first kappa shape index (κ1) is 11.5. The maximum atomic E-state index is 11.0. The van der Waals surface area contributed by atoms with Crippen molar-refractivity contribution in [3.8, 4) is 0 Å². The maximum Gasteiger partial charge on any atom is 0.307 e. The molecule has 0 saturated heterocycles. The van der Waals surface area contributed by atoms with Gasteiger partial charge in [0.05, 0.1) is 6.42 Å². The lowest BCUT2D eigenvalue weighted by Crippen LogP contribution is -2.16. The van der Waals surface area contributed by atoms with Gasteiger partial charge in [-0.1, -0.05) is 6.08 Å². The number of hydrogen-bond donors (Lipinski definition) is 0. The molecule has 0 aromatic heterocycles. The van der Waals surface area contributed by atoms with Gasteiger partial charge >= 0.3 is 5.97 Å². The predicted molar refractivity (Wildman–Crippen MR) is 50.3 cm³/mol. The molecule has 0 radical (unpaired) electrons. The van der Waals surface area contributed by atoms with Crippen LogP contribution in [0.15, 0.2) is 12.7 Å². The van der Waals surface area contributed by atoms with E-state index in [-0.39, 0.29) is 23.9 Å². The molecular formula is C9H15ClO2. The summed E-state index contributed by atoms with van der Waals surface area (Å²) in [6.07, 6.45) is 2.58. The molecular weight excluding hydrogens is 176 g/mol. The topological polar surface area (TPSA) is 26.3 Å². The summed E-state index contributed by atoms with van der Waals surface area (Å²) in [7, 11) is 0. The quantitative estimate of drug-likeness (QED) is 0.378. The van der Waals surface area contributed by atoms with Crippen molar-refractivity contribution >= 4 is 17.6 Å². The molecule has 2 nitrogen and oxygen atoms in total. The maximum absolute atomic E-state index is 11.0. The molecule has 0 aliphatic carbocycles. The van der Waals surface area contributed by atoms with Gasteiger partial charge in [-0.3, -0.25) is 4.79 Å². The van der Waals surface area contributed by atoms with Gasteiger partial charge in [-0.05, 0) is 13.8 Å². The number of alkyl halides is 1. The van der Waals surface area contributed by atoms with Crippen molar-refractivity contribution in [2.45, 2.75) is 38.2 Å². The largest absolute Gasteiger partial charge is 0.462 e. The van der Waals surface area contributed by atoms with Crippen molar-refractivity contribution in [2.24, 2.45) is 0 Å². The van der Waals surface area contributed by atoms with Gasteiger partial charge in [0.25, 0.3) is 0 Å². The average molecular weight is 191 g/mol. The van der Waals surface area contributed by atoms with Crippen LogP contribution in [0.3, 0.4) is 0 Å². The van der Waals surface area contributed by atoms with Crippen LogP contribution < -0.4 is 0 Å². The first-order chi connectivity index (χ1) is 5.56. The Bertz CT molecular complexity index is 155. The minimum absolute atomic E-state index is 0.0922. The van der Waals surface area contributed by atoms with Gasteiger partial charge < -0.3 is 4.74 Å². The number of carbonyl (C=O) groups is 1. The Labute approximate surface area is 78.5 Å². The summed E-state index contributed by atoms with van der Waals surface area (Å²) in [5.41, 5.74) is 0. The van der Waals surface area contributed by atoms with E-state index in [1.54, 1.807) is 13.0 Å². The zero-order chi connectivity index (χ0) is 9.56. The third-order valence-electron chi connectivity index (χ3n) is 1.28. The molecule has 0 rings (SSSR count). The molecule has 0 aromatic rings. The smallest absolute Gasteiger partial charge is 0.307 e. The molecule has 2 unspecified atom stereocenters. The highest BCUT2D eigenvalue weighted by Gasteiger charge is 2.10. The summed E-state index contributed by atoms with van der Waals surface area (Å²) in [5.74, 6) is -0.244. The molecule has 0 spiro atoms. The molecule has 0 heterocycles. The van der Waals surface area contributed by atoms with Gasteiger partial charge in [-0.15, -0.1) is 18.2 Å². The minimum atomic E-state index is -0.244. The lowest BCUT2D eigenvalue weighted by Gasteiger charge is -2.11. The third-order valence-corrected chi connectivity index (χ3v) is 1.43. The van der Waals surface area contributed by atoms with Gasteiger partial charge in [0.2, 0.25) is 0 Å². The number of esters is 1. The Morgan fingerprint density at radius 3 is 2.67 bits per heavy atom. The van der Waals surface area contributed by atoms with Crippen LogP contribution in [-0.2, 0) is 9.53 Å². The molecule has 0 N–H and O–H groups in total. The summed E-state index contributed by atoms with van der Waals surface area (Å²) in [6.45, 7) is 7.15. The molecule has 0 aliphatic heterocycles. The van der Waals surface area contributed by atoms with Crippen LogP contribution in [-0.4, -0.2) is 17.5 Å². The predicted octanol–water partition coefficient (Wildman–Crippen LogP) is 2.51. The molecule has 0 aliphatic rings. The van der Waals surface area contributed by atoms with Crippen molar-refractivity contribution in [3.63, 3.8) is 0 Å². The van der Waals surface area contributed by atoms with Crippen LogP contribution in [0, 0.1) is 0 Å². The standard InChI is InChI=1S/C9H15ClO2/c1-4-5-8(3)12-9(11)6-7(2)10/h4,7-8H,1,5-6H2,2-3H3. The van der Waals surface area contributed by atoms with E-state index in [0.717, 1.165) is 0 Å². The molecule has 0 bridgehead atoms. The lowest BCUT2D eigenvalue weighted by atomic mass is 10.3. The molecule has 0 saturated carbocycles. The van der Waals surface area contributed by atoms with Gasteiger partial charge in [0.1, 0.15) is 6.10 Å². The SMILES string of the molecule is C=CCC(C)OC(=O)CC(C)Cl. The summed E-state index contributed by atoms with van der Waals surface area (Å²) >= 11 is 5.61. The van der Waals surface area contributed by atoms with Crippen LogP contribution in [0.2, 0.25) is 0 Å². The van der Waals surface area contributed by atoms with Crippen LogP contribution in [0.5, 0.6) is 0 Å². The Kier molecular flexibility index (Phi) is 5.81. The Morgan fingerprint density at radius 2 is 2.25 bits per heavy atom. The second-order valence-corrected chi connectivity index (χ2v) is 3.55. The third kappa shape index (κ3) is 6.23. The Balaban J connectivity index is 3.61. The highest BCUT2D eigenvalue weighted by atomic mass is 35.5. The van der Waals surface area contributed by atoms with Crippen LogP contribution in [0.4, 0.5) is 0 Å². The number of rotatable bonds is 5. The first-order valence-electron chi connectivity index (χ1n) is 4.00. The van der Waals surface area contributed by atoms with Crippen molar-refractivity contribution in [2.75, 3.05) is 0 Å². The second kappa shape index (κ2) is 6.06. The molecule has 70 valence electrons.